The molecule has 1 aliphatic heterocycles. The molecule has 17 heavy (non-hydrogen) atoms. The van der Waals surface area contributed by atoms with Crippen LogP contribution in [0.25, 0.3) is 0 Å². The molecular formula is C14H18O2S. The molecule has 1 heterocycles. The predicted octanol–water partition coefficient (Wildman–Crippen LogP) is 3.55. The van der Waals surface area contributed by atoms with Crippen molar-refractivity contribution in [3.05, 3.63) is 24.3 Å². The minimum Gasteiger partial charge on any atom is -0.481 e. The lowest BCUT2D eigenvalue weighted by Gasteiger charge is -2.26. The molecule has 0 amide bonds. The minimum atomic E-state index is -0.264. The van der Waals surface area contributed by atoms with Crippen molar-refractivity contribution in [2.45, 2.75) is 37.7 Å². The topological polar surface area (TPSA) is 26.3 Å². The number of carbonyl (C=O) groups excluding carboxylic acids is 1. The molecule has 0 aromatic heterocycles. The summed E-state index contributed by atoms with van der Waals surface area (Å²) in [5, 5.41) is 0. The van der Waals surface area contributed by atoms with Crippen LogP contribution in [0.15, 0.2) is 29.2 Å². The van der Waals surface area contributed by atoms with E-state index in [4.69, 9.17) is 4.74 Å². The fraction of sp³-hybridized carbons (Fsp3) is 0.500. The predicted molar refractivity (Wildman–Crippen MR) is 70.7 cm³/mol. The van der Waals surface area contributed by atoms with Gasteiger partial charge >= 0.3 is 0 Å². The molecule has 0 saturated heterocycles. The highest BCUT2D eigenvalue weighted by molar-refractivity contribution is 7.99. The van der Waals surface area contributed by atoms with Crippen LogP contribution >= 0.6 is 11.8 Å². The zero-order valence-electron chi connectivity index (χ0n) is 10.3. The number of para-hydroxylation sites is 1. The van der Waals surface area contributed by atoms with Crippen LogP contribution in [-0.4, -0.2) is 17.6 Å². The Balaban J connectivity index is 2.09. The molecule has 0 saturated carbocycles. The van der Waals surface area contributed by atoms with Gasteiger partial charge in [0, 0.05) is 16.6 Å². The molecule has 2 nitrogen and oxygen atoms in total. The molecule has 0 N–H and O–H groups in total. The van der Waals surface area contributed by atoms with E-state index in [2.05, 4.69) is 13.8 Å². The van der Waals surface area contributed by atoms with E-state index in [1.54, 1.807) is 11.8 Å². The first-order valence-electron chi connectivity index (χ1n) is 6.18. The Morgan fingerprint density at radius 2 is 2.12 bits per heavy atom. The highest BCUT2D eigenvalue weighted by atomic mass is 32.2. The van der Waals surface area contributed by atoms with Gasteiger partial charge in [0.25, 0.3) is 0 Å². The summed E-state index contributed by atoms with van der Waals surface area (Å²) in [6.07, 6.45) is 1.54. The first kappa shape index (κ1) is 12.5. The van der Waals surface area contributed by atoms with Gasteiger partial charge in [-0.1, -0.05) is 26.0 Å². The number of rotatable bonds is 4. The highest BCUT2D eigenvalue weighted by Gasteiger charge is 2.30. The van der Waals surface area contributed by atoms with Crippen molar-refractivity contribution >= 4 is 17.5 Å². The molecule has 0 spiro atoms. The molecule has 1 aromatic carbocycles. The lowest BCUT2D eigenvalue weighted by molar-refractivity contribution is -0.129. The van der Waals surface area contributed by atoms with Crippen molar-refractivity contribution in [2.75, 3.05) is 5.75 Å². The van der Waals surface area contributed by atoms with E-state index < -0.39 is 0 Å². The lowest BCUT2D eigenvalue weighted by Crippen LogP contribution is -2.36. The Labute approximate surface area is 107 Å². The summed E-state index contributed by atoms with van der Waals surface area (Å²) in [4.78, 5) is 13.4. The van der Waals surface area contributed by atoms with Gasteiger partial charge in [-0.3, -0.25) is 4.79 Å². The average molecular weight is 250 g/mol. The van der Waals surface area contributed by atoms with Crippen LogP contribution in [-0.2, 0) is 4.79 Å². The second-order valence-electron chi connectivity index (χ2n) is 4.28. The Kier molecular flexibility index (Phi) is 4.11. The van der Waals surface area contributed by atoms with Crippen LogP contribution in [0.4, 0.5) is 0 Å². The van der Waals surface area contributed by atoms with Crippen molar-refractivity contribution < 1.29 is 9.53 Å². The molecular weight excluding hydrogens is 232 g/mol. The van der Waals surface area contributed by atoms with Gasteiger partial charge < -0.3 is 4.74 Å². The van der Waals surface area contributed by atoms with Crippen molar-refractivity contribution in [3.63, 3.8) is 0 Å². The number of Topliss-reactive ketones (excluding diaryl/α,β-unsaturated/α-hetero) is 1. The quantitative estimate of drug-likeness (QED) is 0.817. The summed E-state index contributed by atoms with van der Waals surface area (Å²) in [7, 11) is 0. The average Bonchev–Trinajstić information content (AvgIpc) is 2.39. The minimum absolute atomic E-state index is 0.144. The lowest BCUT2D eigenvalue weighted by atomic mass is 9.95. The second kappa shape index (κ2) is 5.58. The summed E-state index contributed by atoms with van der Waals surface area (Å²) in [6, 6.07) is 7.92. The smallest absolute Gasteiger partial charge is 0.177 e. The van der Waals surface area contributed by atoms with Crippen LogP contribution < -0.4 is 4.74 Å². The molecule has 1 aromatic rings. The number of fused-ring (bicyclic) bond motifs is 1. The van der Waals surface area contributed by atoms with Crippen LogP contribution in [0.3, 0.4) is 0 Å². The number of carbonyl (C=O) groups is 1. The van der Waals surface area contributed by atoms with E-state index >= 15 is 0 Å². The molecule has 92 valence electrons. The van der Waals surface area contributed by atoms with Crippen LogP contribution in [0.1, 0.15) is 26.7 Å². The van der Waals surface area contributed by atoms with Gasteiger partial charge in [-0.15, -0.1) is 11.8 Å². The number of benzene rings is 1. The summed E-state index contributed by atoms with van der Waals surface area (Å²) in [5.74, 6) is 2.00. The summed E-state index contributed by atoms with van der Waals surface area (Å²) >= 11 is 1.72. The fourth-order valence-corrected chi connectivity index (χ4v) is 3.11. The van der Waals surface area contributed by atoms with E-state index in [1.807, 2.05) is 24.3 Å². The van der Waals surface area contributed by atoms with Gasteiger partial charge in [0.15, 0.2) is 11.9 Å². The molecule has 0 radical (unpaired) electrons. The van der Waals surface area contributed by atoms with Gasteiger partial charge in [0.2, 0.25) is 0 Å². The van der Waals surface area contributed by atoms with E-state index in [1.165, 1.54) is 0 Å². The number of thioether (sulfide) groups is 1. The molecule has 0 aliphatic carbocycles. The van der Waals surface area contributed by atoms with E-state index in [0.717, 1.165) is 29.2 Å². The molecule has 1 unspecified atom stereocenters. The van der Waals surface area contributed by atoms with E-state index in [0.29, 0.717) is 0 Å². The third-order valence-corrected chi connectivity index (χ3v) is 4.33. The molecule has 1 atom stereocenters. The Bertz CT molecular complexity index is 399. The van der Waals surface area contributed by atoms with E-state index in [-0.39, 0.29) is 17.8 Å². The van der Waals surface area contributed by atoms with Gasteiger partial charge in [0.05, 0.1) is 0 Å². The summed E-state index contributed by atoms with van der Waals surface area (Å²) in [5.41, 5.74) is 0. The standard InChI is InChI=1S/C14H18O2S/c1-3-10(4-2)14(15)12-9-17-13-8-6-5-7-11(13)16-12/h5-8,10,12H,3-4,9H2,1-2H3. The van der Waals surface area contributed by atoms with Crippen molar-refractivity contribution in [3.8, 4) is 5.75 Å². The Morgan fingerprint density at radius 1 is 1.41 bits per heavy atom. The maximum absolute atomic E-state index is 12.2. The Hall–Kier alpha value is -0.960. The van der Waals surface area contributed by atoms with E-state index in [9.17, 15) is 4.79 Å². The first-order valence-corrected chi connectivity index (χ1v) is 7.17. The number of hydrogen-bond donors (Lipinski definition) is 0. The number of ether oxygens (including phenoxy) is 1. The van der Waals surface area contributed by atoms with Crippen LogP contribution in [0.5, 0.6) is 5.75 Å². The Morgan fingerprint density at radius 3 is 2.82 bits per heavy atom. The molecule has 0 bridgehead atoms. The fourth-order valence-electron chi connectivity index (χ4n) is 2.11. The third-order valence-electron chi connectivity index (χ3n) is 3.21. The molecule has 3 heteroatoms. The monoisotopic (exact) mass is 250 g/mol. The SMILES string of the molecule is CCC(CC)C(=O)C1CSc2ccccc2O1. The zero-order chi connectivity index (χ0) is 12.3. The molecule has 2 rings (SSSR count). The van der Waals surface area contributed by atoms with Gasteiger partial charge in [-0.05, 0) is 25.0 Å². The van der Waals surface area contributed by atoms with Crippen LogP contribution in [0.2, 0.25) is 0 Å². The maximum atomic E-state index is 12.2. The van der Waals surface area contributed by atoms with Crippen LogP contribution in [0, 0.1) is 5.92 Å². The molecule has 1 aliphatic rings. The van der Waals surface area contributed by atoms with Crippen molar-refractivity contribution in [2.24, 2.45) is 5.92 Å². The number of hydrogen-bond acceptors (Lipinski definition) is 3. The largest absolute Gasteiger partial charge is 0.481 e. The zero-order valence-corrected chi connectivity index (χ0v) is 11.1. The first-order chi connectivity index (χ1) is 8.26. The third kappa shape index (κ3) is 2.65. The second-order valence-corrected chi connectivity index (χ2v) is 5.34. The molecule has 0 fully saturated rings. The summed E-state index contributed by atoms with van der Waals surface area (Å²) in [6.45, 7) is 4.13. The maximum Gasteiger partial charge on any atom is 0.177 e. The van der Waals surface area contributed by atoms with Gasteiger partial charge in [-0.25, -0.2) is 0 Å². The van der Waals surface area contributed by atoms with Crippen molar-refractivity contribution in [1.82, 2.24) is 0 Å². The number of ketones is 1. The van der Waals surface area contributed by atoms with Crippen molar-refractivity contribution in [1.29, 1.82) is 0 Å². The van der Waals surface area contributed by atoms with Gasteiger partial charge in [0.1, 0.15) is 5.75 Å². The summed E-state index contributed by atoms with van der Waals surface area (Å²) < 4.78 is 5.81. The van der Waals surface area contributed by atoms with Gasteiger partial charge in [-0.2, -0.15) is 0 Å². The highest BCUT2D eigenvalue weighted by Crippen LogP contribution is 2.36. The normalized spacial score (nSPS) is 18.6.